The third-order valence-electron chi connectivity index (χ3n) is 8.64. The van der Waals surface area contributed by atoms with Crippen LogP contribution >= 0.6 is 35.2 Å². The molecule has 66 heavy (non-hydrogen) atoms. The van der Waals surface area contributed by atoms with Gasteiger partial charge in [-0.05, 0) is 77.3 Å². The maximum atomic E-state index is 12.7. The summed E-state index contributed by atoms with van der Waals surface area (Å²) in [5.41, 5.74) is 0. The first kappa shape index (κ1) is 63.0. The molecular weight excluding hydrogens is 949 g/mol. The van der Waals surface area contributed by atoms with Gasteiger partial charge in [-0.2, -0.15) is 0 Å². The van der Waals surface area contributed by atoms with Crippen molar-refractivity contribution in [3.05, 3.63) is 0 Å². The Bertz CT molecular complexity index is 2000. The molecule has 0 bridgehead atoms. The molecule has 4 unspecified atom stereocenters. The van der Waals surface area contributed by atoms with Crippen LogP contribution in [0.4, 0.5) is 0 Å². The predicted molar refractivity (Wildman–Crippen MR) is 264 cm³/mol. The molecule has 0 aromatic carbocycles. The highest BCUT2D eigenvalue weighted by atomic mass is 32.2. The maximum Gasteiger partial charge on any atom is 0.472 e. The number of phosphoric ester groups is 3. The summed E-state index contributed by atoms with van der Waals surface area (Å²) in [6, 6.07) is 0. The Labute approximate surface area is 407 Å². The number of aliphatic hydroxyl groups is 4. The zero-order chi connectivity index (χ0) is 49.9. The van der Waals surface area contributed by atoms with Gasteiger partial charge in [0.15, 0.2) is 0 Å². The summed E-state index contributed by atoms with van der Waals surface area (Å²) in [4.78, 5) is 70.1. The zero-order valence-corrected chi connectivity index (χ0v) is 40.3. The Kier molecular flexibility index (Phi) is 35.3. The quantitative estimate of drug-likeness (QED) is 0.0131. The fourth-order valence-electron chi connectivity index (χ4n) is 5.66. The third kappa shape index (κ3) is 33.5. The smallest absolute Gasteiger partial charge is 0.457 e. The first-order chi connectivity index (χ1) is 31.2. The molecule has 24 heteroatoms. The van der Waals surface area contributed by atoms with E-state index in [2.05, 4.69) is 80.4 Å². The van der Waals surface area contributed by atoms with E-state index in [0.717, 1.165) is 43.9 Å². The van der Waals surface area contributed by atoms with Gasteiger partial charge in [0.2, 0.25) is 5.12 Å². The van der Waals surface area contributed by atoms with E-state index in [9.17, 15) is 43.5 Å². The summed E-state index contributed by atoms with van der Waals surface area (Å²) in [5, 5.41) is 42.8. The van der Waals surface area contributed by atoms with Gasteiger partial charge in [0.25, 0.3) is 0 Å². The van der Waals surface area contributed by atoms with Crippen molar-refractivity contribution in [2.75, 3.05) is 20.0 Å². The summed E-state index contributed by atoms with van der Waals surface area (Å²) in [6.45, 7) is 1.99. The number of aliphatic hydroxyl groups excluding tert-OH is 4. The molecule has 1 rings (SSSR count). The number of terminal acetylenes is 1. The van der Waals surface area contributed by atoms with Crippen LogP contribution in [0.5, 0.6) is 0 Å². The lowest BCUT2D eigenvalue weighted by molar-refractivity contribution is -0.213. The number of hydrogen-bond donors (Lipinski definition) is 9. The fraction of sp³-hybridized carbons (Fsp3) is 0.667. The molecule has 1 saturated carbocycles. The van der Waals surface area contributed by atoms with E-state index in [-0.39, 0.29) is 27.2 Å². The van der Waals surface area contributed by atoms with Gasteiger partial charge in [0, 0.05) is 40.3 Å². The lowest BCUT2D eigenvalue weighted by Gasteiger charge is -2.44. The molecule has 0 heterocycles. The van der Waals surface area contributed by atoms with Crippen molar-refractivity contribution in [1.29, 1.82) is 0 Å². The number of unbranched alkanes of at least 4 members (excludes halogenated alkanes) is 12. The largest absolute Gasteiger partial charge is 0.472 e. The SMILES string of the molecule is C#CC#CC#CC#CC#CC#CSC(=O)CCC.CCCCCCCCCCCCCCCC(=O)O[C@H](COCO)COP(=O)(O)OC1C(O)[C@H](O)[C@H](OP(=O)(O)O)C(OP(=O)(O)O)[C@@H]1O.[HH].[HH].[HH].[HH].[HH].[HH].[HH].[HH].[HH].[HH].[HH]. The minimum absolute atomic E-state index is 0. The van der Waals surface area contributed by atoms with Gasteiger partial charge in [-0.1, -0.05) is 90.9 Å². The van der Waals surface area contributed by atoms with E-state index in [4.69, 9.17) is 49.6 Å². The van der Waals surface area contributed by atoms with E-state index in [0.29, 0.717) is 12.8 Å². The highest BCUT2D eigenvalue weighted by Gasteiger charge is 2.56. The summed E-state index contributed by atoms with van der Waals surface area (Å²) in [6.07, 6.45) is 4.55. The average Bonchev–Trinajstić information content (AvgIpc) is 3.24. The standard InChI is InChI=1S/C26H53O19P3.C16H8OS.11H2/c1-2-3-4-5-6-7-8-9-10-11-12-13-14-15-20(28)42-19(16-40-18-27)17-41-48(38,39)45-24-21(29)22(30)25(43-46(32,33)34)26(23(24)31)44-47(35,36)37;1-3-5-6-7-8-9-10-11-12-13-15-18-16(17)14-4-2;;;;;;;;;;;/h19,21-27,29-31H,2-18H2,1H3,(H,38,39)(H2,32,33,34)(H2,35,36,37);1H,4,14H2,2H3;11*1H/t19-,21?,22+,23-,24?,25+,26?;;;;;;;;;;;;/m1............/s1. The van der Waals surface area contributed by atoms with Gasteiger partial charge < -0.3 is 54.4 Å². The van der Waals surface area contributed by atoms with Crippen LogP contribution < -0.4 is 0 Å². The number of rotatable bonds is 29. The van der Waals surface area contributed by atoms with Crippen molar-refractivity contribution in [2.24, 2.45) is 0 Å². The molecule has 9 N–H and O–H groups in total. The van der Waals surface area contributed by atoms with Crippen LogP contribution in [0, 0.1) is 70.9 Å². The molecule has 1 aliphatic rings. The summed E-state index contributed by atoms with van der Waals surface area (Å²) >= 11 is 0.963. The highest BCUT2D eigenvalue weighted by Crippen LogP contribution is 2.51. The molecular formula is C42H83O20P3S. The monoisotopic (exact) mass is 1030 g/mol. The summed E-state index contributed by atoms with van der Waals surface area (Å²) in [7, 11) is -16.4. The zero-order valence-electron chi connectivity index (χ0n) is 36.8. The molecule has 0 amide bonds. The molecule has 0 aromatic heterocycles. The second kappa shape index (κ2) is 36.9. The molecule has 392 valence electrons. The Balaban J connectivity index is -0.000000126. The Morgan fingerprint density at radius 3 is 1.53 bits per heavy atom. The molecule has 0 aliphatic heterocycles. The van der Waals surface area contributed by atoms with E-state index >= 15 is 0 Å². The van der Waals surface area contributed by atoms with Crippen molar-refractivity contribution in [3.63, 3.8) is 0 Å². The van der Waals surface area contributed by atoms with Crippen LogP contribution in [0.3, 0.4) is 0 Å². The van der Waals surface area contributed by atoms with E-state index in [1.165, 1.54) is 51.4 Å². The second-order valence-corrected chi connectivity index (χ2v) is 18.8. The van der Waals surface area contributed by atoms with Crippen LogP contribution in [-0.2, 0) is 50.9 Å². The number of ether oxygens (including phenoxy) is 2. The summed E-state index contributed by atoms with van der Waals surface area (Å²) < 4.78 is 63.4. The van der Waals surface area contributed by atoms with Gasteiger partial charge >= 0.3 is 29.4 Å². The van der Waals surface area contributed by atoms with Crippen molar-refractivity contribution < 1.29 is 111 Å². The lowest BCUT2D eigenvalue weighted by atomic mass is 9.85. The van der Waals surface area contributed by atoms with Crippen molar-refractivity contribution in [1.82, 2.24) is 0 Å². The predicted octanol–water partition coefficient (Wildman–Crippen LogP) is 6.26. The second-order valence-electron chi connectivity index (χ2n) is 14.1. The molecule has 1 aliphatic carbocycles. The van der Waals surface area contributed by atoms with Gasteiger partial charge in [-0.3, -0.25) is 27.7 Å². The van der Waals surface area contributed by atoms with E-state index in [1.54, 1.807) is 0 Å². The van der Waals surface area contributed by atoms with E-state index in [1.807, 2.05) is 6.92 Å². The minimum Gasteiger partial charge on any atom is -0.457 e. The van der Waals surface area contributed by atoms with Crippen LogP contribution in [-0.4, -0.2) is 119 Å². The van der Waals surface area contributed by atoms with Crippen LogP contribution in [0.1, 0.15) is 132 Å². The molecule has 0 radical (unpaired) electrons. The average molecular weight is 1030 g/mol. The molecule has 1 fully saturated rings. The van der Waals surface area contributed by atoms with Crippen molar-refractivity contribution >= 4 is 46.3 Å². The Morgan fingerprint density at radius 2 is 1.06 bits per heavy atom. The number of thioether (sulfide) groups is 1. The van der Waals surface area contributed by atoms with E-state index < -0.39 is 92.2 Å². The molecule has 8 atom stereocenters. The molecule has 0 saturated heterocycles. The van der Waals surface area contributed by atoms with Crippen LogP contribution in [0.15, 0.2) is 0 Å². The van der Waals surface area contributed by atoms with Crippen molar-refractivity contribution in [2.45, 2.75) is 159 Å². The number of carbonyl (C=O) groups excluding carboxylic acids is 2. The first-order valence-corrected chi connectivity index (χ1v) is 26.3. The van der Waals surface area contributed by atoms with Crippen LogP contribution in [0.2, 0.25) is 0 Å². The molecule has 20 nitrogen and oxygen atoms in total. The number of phosphoric acid groups is 3. The van der Waals surface area contributed by atoms with Gasteiger partial charge in [-0.15, -0.1) is 6.42 Å². The minimum atomic E-state index is -5.56. The highest BCUT2D eigenvalue weighted by molar-refractivity contribution is 8.17. The van der Waals surface area contributed by atoms with Crippen LogP contribution in [0.25, 0.3) is 0 Å². The number of hydrogen-bond acceptors (Lipinski definition) is 16. The number of carbonyl (C=O) groups is 2. The normalized spacial score (nSPS) is 20.1. The molecule has 0 spiro atoms. The van der Waals surface area contributed by atoms with Gasteiger partial charge in [-0.25, -0.2) is 13.7 Å². The van der Waals surface area contributed by atoms with Gasteiger partial charge in [0.1, 0.15) is 49.5 Å². The topological polar surface area (TPSA) is 323 Å². The summed E-state index contributed by atoms with van der Waals surface area (Å²) in [5.74, 6) is 23.5. The van der Waals surface area contributed by atoms with Crippen molar-refractivity contribution in [3.8, 4) is 70.9 Å². The Morgan fingerprint density at radius 1 is 0.606 bits per heavy atom. The number of esters is 1. The first-order valence-electron chi connectivity index (χ1n) is 20.9. The lowest BCUT2D eigenvalue weighted by Crippen LogP contribution is -2.65. The molecule has 0 aromatic rings. The van der Waals surface area contributed by atoms with Gasteiger partial charge in [0.05, 0.1) is 13.2 Å². The Hall–Kier alpha value is -3.02. The third-order valence-corrected chi connectivity index (χ3v) is 11.3. The fourth-order valence-corrected chi connectivity index (χ4v) is 8.28. The maximum absolute atomic E-state index is 12.7.